The van der Waals surface area contributed by atoms with Crippen LogP contribution < -0.4 is 5.56 Å². The molecule has 6 heteroatoms. The van der Waals surface area contributed by atoms with E-state index in [1.165, 1.54) is 0 Å². The van der Waals surface area contributed by atoms with Crippen molar-refractivity contribution in [3.8, 4) is 0 Å². The molecule has 0 aliphatic heterocycles. The number of rotatable bonds is 2. The molecular formula is C19H15BrN2O3. The summed E-state index contributed by atoms with van der Waals surface area (Å²) in [6, 6.07) is 12.9. The van der Waals surface area contributed by atoms with E-state index in [1.54, 1.807) is 22.0 Å². The van der Waals surface area contributed by atoms with Crippen molar-refractivity contribution in [3.63, 3.8) is 0 Å². The predicted molar refractivity (Wildman–Crippen MR) is 101 cm³/mol. The van der Waals surface area contributed by atoms with E-state index in [0.717, 1.165) is 9.99 Å². The van der Waals surface area contributed by atoms with Crippen molar-refractivity contribution in [1.82, 2.24) is 9.03 Å². The third-order valence-electron chi connectivity index (χ3n) is 4.37. The molecule has 126 valence electrons. The summed E-state index contributed by atoms with van der Waals surface area (Å²) in [5.74, 6) is -0.393. The van der Waals surface area contributed by atoms with Crippen LogP contribution in [0.4, 0.5) is 0 Å². The fourth-order valence-electron chi connectivity index (χ4n) is 3.35. The number of esters is 1. The summed E-state index contributed by atoms with van der Waals surface area (Å²) in [5, 5.41) is 1.29. The summed E-state index contributed by atoms with van der Waals surface area (Å²) < 4.78 is 9.51. The number of benzene rings is 2. The maximum atomic E-state index is 13.0. The molecule has 2 heterocycles. The first-order valence-electron chi connectivity index (χ1n) is 7.96. The summed E-state index contributed by atoms with van der Waals surface area (Å²) in [5.41, 5.74) is 2.46. The Bertz CT molecular complexity index is 1220. The molecule has 5 nitrogen and oxygen atoms in total. The van der Waals surface area contributed by atoms with Crippen molar-refractivity contribution in [3.05, 3.63) is 68.5 Å². The van der Waals surface area contributed by atoms with Crippen molar-refractivity contribution >= 4 is 43.7 Å². The topological polar surface area (TPSA) is 52.2 Å². The Labute approximate surface area is 151 Å². The summed E-state index contributed by atoms with van der Waals surface area (Å²) >= 11 is 3.45. The van der Waals surface area contributed by atoms with Crippen LogP contribution in [-0.4, -0.2) is 21.6 Å². The molecule has 0 saturated carbocycles. The highest BCUT2D eigenvalue weighted by Gasteiger charge is 2.22. The molecule has 4 aromatic rings. The molecule has 0 fully saturated rings. The third-order valence-corrected chi connectivity index (χ3v) is 4.86. The van der Waals surface area contributed by atoms with Gasteiger partial charge in [-0.2, -0.15) is 0 Å². The molecule has 0 bridgehead atoms. The number of hydrogen-bond donors (Lipinski definition) is 0. The standard InChI is InChI=1S/C19H15BrN2O3/c1-3-25-19(24)17-11(2)21-15-7-5-4-6-13(15)18(23)22(21)16-9-8-12(20)10-14(16)17/h4-10H,3H2,1-2H3. The minimum atomic E-state index is -0.393. The third kappa shape index (κ3) is 2.21. The highest BCUT2D eigenvalue weighted by atomic mass is 79.9. The number of halogens is 1. The van der Waals surface area contributed by atoms with Crippen molar-refractivity contribution in [2.45, 2.75) is 13.8 Å². The van der Waals surface area contributed by atoms with Gasteiger partial charge in [-0.25, -0.2) is 13.8 Å². The molecule has 25 heavy (non-hydrogen) atoms. The lowest BCUT2D eigenvalue weighted by Crippen LogP contribution is -2.19. The smallest absolute Gasteiger partial charge is 0.340 e. The number of carbonyl (C=O) groups excluding carboxylic acids is 1. The van der Waals surface area contributed by atoms with Crippen LogP contribution in [0.15, 0.2) is 51.7 Å². The van der Waals surface area contributed by atoms with Gasteiger partial charge in [-0.3, -0.25) is 4.79 Å². The van der Waals surface area contributed by atoms with Gasteiger partial charge < -0.3 is 4.74 Å². The monoisotopic (exact) mass is 398 g/mol. The highest BCUT2D eigenvalue weighted by Crippen LogP contribution is 2.27. The first-order valence-corrected chi connectivity index (χ1v) is 8.75. The summed E-state index contributed by atoms with van der Waals surface area (Å²) in [4.78, 5) is 25.6. The molecule has 0 spiro atoms. The zero-order chi connectivity index (χ0) is 17.7. The lowest BCUT2D eigenvalue weighted by atomic mass is 10.1. The number of carbonyl (C=O) groups is 1. The van der Waals surface area contributed by atoms with Gasteiger partial charge in [0.25, 0.3) is 5.56 Å². The van der Waals surface area contributed by atoms with Crippen LogP contribution >= 0.6 is 15.9 Å². The minimum Gasteiger partial charge on any atom is -0.462 e. The van der Waals surface area contributed by atoms with E-state index in [4.69, 9.17) is 4.74 Å². The van der Waals surface area contributed by atoms with E-state index >= 15 is 0 Å². The Morgan fingerprint density at radius 1 is 1.08 bits per heavy atom. The number of fused-ring (bicyclic) bond motifs is 5. The SMILES string of the molecule is CCOC(=O)c1c(C)n2c3ccccc3c(=O)n2c2ccc(Br)cc12. The fourth-order valence-corrected chi connectivity index (χ4v) is 3.72. The number of hydrogen-bond acceptors (Lipinski definition) is 3. The van der Waals surface area contributed by atoms with Gasteiger partial charge in [0.1, 0.15) is 0 Å². The first kappa shape index (κ1) is 15.9. The molecule has 0 saturated heterocycles. The molecular weight excluding hydrogens is 384 g/mol. The Hall–Kier alpha value is -2.60. The highest BCUT2D eigenvalue weighted by molar-refractivity contribution is 9.10. The lowest BCUT2D eigenvalue weighted by molar-refractivity contribution is 0.0527. The summed E-state index contributed by atoms with van der Waals surface area (Å²) in [6.45, 7) is 3.90. The van der Waals surface area contributed by atoms with Crippen molar-refractivity contribution in [1.29, 1.82) is 0 Å². The zero-order valence-electron chi connectivity index (χ0n) is 13.7. The molecule has 0 aliphatic carbocycles. The van der Waals surface area contributed by atoms with Gasteiger partial charge in [0, 0.05) is 9.86 Å². The maximum Gasteiger partial charge on any atom is 0.340 e. The fraction of sp³-hybridized carbons (Fsp3) is 0.158. The lowest BCUT2D eigenvalue weighted by Gasteiger charge is -2.14. The van der Waals surface area contributed by atoms with Gasteiger partial charge in [0.2, 0.25) is 0 Å². The summed E-state index contributed by atoms with van der Waals surface area (Å²) in [6.07, 6.45) is 0. The quantitative estimate of drug-likeness (QED) is 0.480. The van der Waals surface area contributed by atoms with Crippen LogP contribution in [-0.2, 0) is 4.74 Å². The molecule has 4 rings (SSSR count). The molecule has 0 aliphatic rings. The van der Waals surface area contributed by atoms with Crippen molar-refractivity contribution < 1.29 is 9.53 Å². The summed E-state index contributed by atoms with van der Waals surface area (Å²) in [7, 11) is 0. The number of aromatic nitrogens is 2. The van der Waals surface area contributed by atoms with E-state index in [9.17, 15) is 9.59 Å². The van der Waals surface area contributed by atoms with Gasteiger partial charge >= 0.3 is 5.97 Å². The van der Waals surface area contributed by atoms with Crippen LogP contribution in [0.2, 0.25) is 0 Å². The molecule has 0 atom stereocenters. The van der Waals surface area contributed by atoms with Gasteiger partial charge in [-0.05, 0) is 44.2 Å². The van der Waals surface area contributed by atoms with Crippen LogP contribution in [0.5, 0.6) is 0 Å². The number of para-hydroxylation sites is 1. The van der Waals surface area contributed by atoms with Crippen LogP contribution in [0.25, 0.3) is 21.8 Å². The van der Waals surface area contributed by atoms with Gasteiger partial charge in [0.05, 0.1) is 34.3 Å². The largest absolute Gasteiger partial charge is 0.462 e. The molecule has 0 radical (unpaired) electrons. The van der Waals surface area contributed by atoms with Crippen LogP contribution in [0.1, 0.15) is 23.0 Å². The van der Waals surface area contributed by atoms with E-state index in [0.29, 0.717) is 27.5 Å². The predicted octanol–water partition coefficient (Wildman–Crippen LogP) is 3.95. The van der Waals surface area contributed by atoms with Gasteiger partial charge in [0.15, 0.2) is 0 Å². The second kappa shape index (κ2) is 5.74. The minimum absolute atomic E-state index is 0.110. The molecule has 2 aromatic carbocycles. The average molecular weight is 399 g/mol. The molecule has 0 N–H and O–H groups in total. The number of nitrogens with zero attached hydrogens (tertiary/aromatic N) is 2. The van der Waals surface area contributed by atoms with Crippen molar-refractivity contribution in [2.24, 2.45) is 0 Å². The van der Waals surface area contributed by atoms with E-state index in [-0.39, 0.29) is 12.2 Å². The van der Waals surface area contributed by atoms with Crippen LogP contribution in [0, 0.1) is 6.92 Å². The molecule has 0 unspecified atom stereocenters. The van der Waals surface area contributed by atoms with E-state index in [1.807, 2.05) is 43.3 Å². The zero-order valence-corrected chi connectivity index (χ0v) is 15.3. The Morgan fingerprint density at radius 2 is 1.80 bits per heavy atom. The van der Waals surface area contributed by atoms with E-state index in [2.05, 4.69) is 15.9 Å². The Balaban J connectivity index is 2.33. The Kier molecular flexibility index (Phi) is 3.65. The number of ether oxygens (including phenoxy) is 1. The van der Waals surface area contributed by atoms with Crippen molar-refractivity contribution in [2.75, 3.05) is 6.61 Å². The average Bonchev–Trinajstić information content (AvgIpc) is 2.89. The second-order valence-corrected chi connectivity index (χ2v) is 6.70. The normalized spacial score (nSPS) is 11.5. The molecule has 2 aromatic heterocycles. The van der Waals surface area contributed by atoms with E-state index < -0.39 is 5.97 Å². The second-order valence-electron chi connectivity index (χ2n) is 5.79. The first-order chi connectivity index (χ1) is 12.0. The number of aryl methyl sites for hydroxylation is 1. The van der Waals surface area contributed by atoms with Crippen LogP contribution in [0.3, 0.4) is 0 Å². The van der Waals surface area contributed by atoms with Gasteiger partial charge in [-0.1, -0.05) is 28.1 Å². The Morgan fingerprint density at radius 3 is 2.56 bits per heavy atom. The van der Waals surface area contributed by atoms with Gasteiger partial charge in [-0.15, -0.1) is 0 Å². The maximum absolute atomic E-state index is 13.0. The molecule has 0 amide bonds.